The van der Waals surface area contributed by atoms with E-state index in [4.69, 9.17) is 21.7 Å². The summed E-state index contributed by atoms with van der Waals surface area (Å²) in [4.78, 5) is 37.0. The van der Waals surface area contributed by atoms with Crippen molar-refractivity contribution < 1.29 is 29.0 Å². The lowest BCUT2D eigenvalue weighted by Gasteiger charge is -2.14. The van der Waals surface area contributed by atoms with E-state index in [0.29, 0.717) is 10.7 Å². The summed E-state index contributed by atoms with van der Waals surface area (Å²) in [6.45, 7) is -0.318. The van der Waals surface area contributed by atoms with Gasteiger partial charge in [-0.1, -0.05) is 24.0 Å². The van der Waals surface area contributed by atoms with Crippen LogP contribution in [0.1, 0.15) is 16.1 Å². The summed E-state index contributed by atoms with van der Waals surface area (Å²) < 4.78 is 5.40. The molecule has 27 heavy (non-hydrogen) atoms. The lowest BCUT2D eigenvalue weighted by Crippen LogP contribution is -2.36. The van der Waals surface area contributed by atoms with Crippen molar-refractivity contribution in [2.75, 3.05) is 11.9 Å². The van der Waals surface area contributed by atoms with Gasteiger partial charge in [-0.15, -0.1) is 0 Å². The molecule has 0 radical (unpaired) electrons. The molecule has 1 fully saturated rings. The van der Waals surface area contributed by atoms with E-state index >= 15 is 0 Å². The van der Waals surface area contributed by atoms with Gasteiger partial charge in [-0.25, -0.2) is 4.79 Å². The van der Waals surface area contributed by atoms with Gasteiger partial charge in [-0.2, -0.15) is 0 Å². The Kier molecular flexibility index (Phi) is 5.28. The molecule has 10 heteroatoms. The van der Waals surface area contributed by atoms with Gasteiger partial charge in [0.1, 0.15) is 27.9 Å². The molecule has 8 nitrogen and oxygen atoms in total. The summed E-state index contributed by atoms with van der Waals surface area (Å²) in [5, 5.41) is 21.0. The van der Waals surface area contributed by atoms with E-state index in [1.165, 1.54) is 18.4 Å². The lowest BCUT2D eigenvalue weighted by molar-refractivity contribution is -0.126. The largest absolute Gasteiger partial charge is 0.507 e. The standard InChI is InChI=1S/C17H12N2O6S2/c20-12-6-9(3-4-11(12)16(23)24)18-14(21)8-19-15(22)13(27-17(19)26)7-10-2-1-5-25-10/h1-7,20H,8H2,(H,18,21)(H,23,24). The number of amides is 2. The molecule has 1 aromatic heterocycles. The number of carbonyl (C=O) groups is 3. The van der Waals surface area contributed by atoms with Crippen LogP contribution in [0.15, 0.2) is 45.9 Å². The average Bonchev–Trinajstić information content (AvgIpc) is 3.19. The van der Waals surface area contributed by atoms with Gasteiger partial charge in [0.2, 0.25) is 5.91 Å². The van der Waals surface area contributed by atoms with E-state index in [-0.39, 0.29) is 22.1 Å². The Morgan fingerprint density at radius 1 is 1.33 bits per heavy atom. The molecule has 0 unspecified atom stereocenters. The Hall–Kier alpha value is -3.11. The molecule has 0 saturated carbocycles. The highest BCUT2D eigenvalue weighted by Gasteiger charge is 2.33. The molecular formula is C17H12N2O6S2. The van der Waals surface area contributed by atoms with E-state index in [9.17, 15) is 19.5 Å². The Morgan fingerprint density at radius 2 is 2.11 bits per heavy atom. The zero-order chi connectivity index (χ0) is 19.6. The molecule has 138 valence electrons. The second-order valence-corrected chi connectivity index (χ2v) is 7.04. The molecule has 0 atom stereocenters. The number of thiocarbonyl (C=S) groups is 1. The van der Waals surface area contributed by atoms with Gasteiger partial charge in [0.05, 0.1) is 11.2 Å². The fraction of sp³-hybridized carbons (Fsp3) is 0.0588. The minimum Gasteiger partial charge on any atom is -0.507 e. The first kappa shape index (κ1) is 18.7. The maximum Gasteiger partial charge on any atom is 0.339 e. The Morgan fingerprint density at radius 3 is 2.74 bits per heavy atom. The minimum absolute atomic E-state index is 0.194. The summed E-state index contributed by atoms with van der Waals surface area (Å²) in [7, 11) is 0. The van der Waals surface area contributed by atoms with Gasteiger partial charge in [0.25, 0.3) is 5.91 Å². The number of furan rings is 1. The molecule has 0 spiro atoms. The van der Waals surface area contributed by atoms with E-state index < -0.39 is 23.5 Å². The van der Waals surface area contributed by atoms with Gasteiger partial charge in [0.15, 0.2) is 0 Å². The molecule has 2 aromatic rings. The van der Waals surface area contributed by atoms with Crippen LogP contribution in [-0.4, -0.2) is 43.8 Å². The van der Waals surface area contributed by atoms with Crippen molar-refractivity contribution in [3.05, 3.63) is 52.8 Å². The van der Waals surface area contributed by atoms with Crippen molar-refractivity contribution in [1.82, 2.24) is 4.90 Å². The molecule has 1 aromatic carbocycles. The summed E-state index contributed by atoms with van der Waals surface area (Å²) in [5.41, 5.74) is -0.0907. The molecular weight excluding hydrogens is 392 g/mol. The number of aromatic carboxylic acids is 1. The van der Waals surface area contributed by atoms with Crippen molar-refractivity contribution in [2.24, 2.45) is 0 Å². The number of phenols is 1. The van der Waals surface area contributed by atoms with Crippen LogP contribution in [0, 0.1) is 0 Å². The number of rotatable bonds is 5. The van der Waals surface area contributed by atoms with Gasteiger partial charge >= 0.3 is 5.97 Å². The number of nitrogens with zero attached hydrogens (tertiary/aromatic N) is 1. The molecule has 2 heterocycles. The van der Waals surface area contributed by atoms with Gasteiger partial charge in [0, 0.05) is 17.8 Å². The Bertz CT molecular complexity index is 968. The highest BCUT2D eigenvalue weighted by atomic mass is 32.2. The minimum atomic E-state index is -1.29. The molecule has 1 saturated heterocycles. The number of hydrogen-bond donors (Lipinski definition) is 3. The van der Waals surface area contributed by atoms with Crippen molar-refractivity contribution in [2.45, 2.75) is 0 Å². The Balaban J connectivity index is 1.67. The molecule has 3 rings (SSSR count). The quantitative estimate of drug-likeness (QED) is 0.514. The number of carbonyl (C=O) groups excluding carboxylic acids is 2. The number of benzene rings is 1. The number of aromatic hydroxyl groups is 1. The molecule has 3 N–H and O–H groups in total. The van der Waals surface area contributed by atoms with Gasteiger partial charge in [-0.05, 0) is 24.3 Å². The topological polar surface area (TPSA) is 120 Å². The fourth-order valence-electron chi connectivity index (χ4n) is 2.27. The lowest BCUT2D eigenvalue weighted by atomic mass is 10.2. The van der Waals surface area contributed by atoms with Crippen LogP contribution in [0.5, 0.6) is 5.75 Å². The maximum absolute atomic E-state index is 12.4. The molecule has 1 aliphatic rings. The summed E-state index contributed by atoms with van der Waals surface area (Å²) in [6, 6.07) is 6.99. The number of thioether (sulfide) groups is 1. The van der Waals surface area contributed by atoms with Crippen LogP contribution in [-0.2, 0) is 9.59 Å². The van der Waals surface area contributed by atoms with Crippen molar-refractivity contribution in [1.29, 1.82) is 0 Å². The van der Waals surface area contributed by atoms with Crippen LogP contribution in [0.2, 0.25) is 0 Å². The summed E-state index contributed by atoms with van der Waals surface area (Å²) in [6.07, 6.45) is 3.02. The molecule has 0 aliphatic carbocycles. The van der Waals surface area contributed by atoms with Crippen molar-refractivity contribution in [3.8, 4) is 5.75 Å². The van der Waals surface area contributed by atoms with Crippen molar-refractivity contribution in [3.63, 3.8) is 0 Å². The highest BCUT2D eigenvalue weighted by molar-refractivity contribution is 8.26. The van der Waals surface area contributed by atoms with Crippen LogP contribution < -0.4 is 5.32 Å². The second kappa shape index (κ2) is 7.64. The van der Waals surface area contributed by atoms with Crippen molar-refractivity contribution >= 4 is 57.8 Å². The summed E-state index contributed by atoms with van der Waals surface area (Å²) >= 11 is 6.21. The predicted octanol–water partition coefficient (Wildman–Crippen LogP) is 2.52. The smallest absolute Gasteiger partial charge is 0.339 e. The predicted molar refractivity (Wildman–Crippen MR) is 102 cm³/mol. The first-order chi connectivity index (χ1) is 12.8. The molecule has 2 amide bonds. The average molecular weight is 404 g/mol. The molecule has 1 aliphatic heterocycles. The normalized spacial score (nSPS) is 15.4. The number of anilines is 1. The van der Waals surface area contributed by atoms with Crippen LogP contribution in [0.25, 0.3) is 6.08 Å². The third-order valence-electron chi connectivity index (χ3n) is 3.50. The summed E-state index contributed by atoms with van der Waals surface area (Å²) in [5.74, 6) is -2.24. The van der Waals surface area contributed by atoms with E-state index in [1.807, 2.05) is 0 Å². The monoisotopic (exact) mass is 404 g/mol. The number of hydrogen-bond acceptors (Lipinski definition) is 7. The van der Waals surface area contributed by atoms with Crippen LogP contribution in [0.4, 0.5) is 5.69 Å². The first-order valence-corrected chi connectivity index (χ1v) is 8.72. The van der Waals surface area contributed by atoms with Gasteiger partial charge in [-0.3, -0.25) is 14.5 Å². The first-order valence-electron chi connectivity index (χ1n) is 7.50. The SMILES string of the molecule is O=C(CN1C(=O)C(=Cc2ccco2)SC1=S)Nc1ccc(C(=O)O)c(O)c1. The Labute approximate surface area is 162 Å². The van der Waals surface area contributed by atoms with E-state index in [1.54, 1.807) is 18.2 Å². The second-order valence-electron chi connectivity index (χ2n) is 5.37. The van der Waals surface area contributed by atoms with Crippen LogP contribution in [0.3, 0.4) is 0 Å². The van der Waals surface area contributed by atoms with Gasteiger partial charge < -0.3 is 19.9 Å². The number of carboxylic acid groups (broad SMARTS) is 1. The highest BCUT2D eigenvalue weighted by Crippen LogP contribution is 2.32. The van der Waals surface area contributed by atoms with E-state index in [2.05, 4.69) is 5.32 Å². The fourth-order valence-corrected chi connectivity index (χ4v) is 3.51. The zero-order valence-corrected chi connectivity index (χ0v) is 15.2. The van der Waals surface area contributed by atoms with E-state index in [0.717, 1.165) is 22.7 Å². The molecule has 0 bridgehead atoms. The number of nitrogens with one attached hydrogen (secondary N) is 1. The maximum atomic E-state index is 12.4. The van der Waals surface area contributed by atoms with Crippen LogP contribution >= 0.6 is 24.0 Å². The number of carboxylic acids is 1. The third-order valence-corrected chi connectivity index (χ3v) is 4.88. The zero-order valence-electron chi connectivity index (χ0n) is 13.5. The third kappa shape index (κ3) is 4.18.